The average Bonchev–Trinajstić information content (AvgIpc) is 4.24. The molecule has 2 bridgehead atoms. The van der Waals surface area contributed by atoms with Crippen molar-refractivity contribution >= 4 is 33.2 Å². The van der Waals surface area contributed by atoms with Crippen LogP contribution in [0.3, 0.4) is 0 Å². The molecule has 24 heteroatoms. The lowest BCUT2D eigenvalue weighted by Gasteiger charge is -2.47. The first kappa shape index (κ1) is 61.8. The average molecular weight is 1140 g/mol. The van der Waals surface area contributed by atoms with Gasteiger partial charge in [-0.25, -0.2) is 22.2 Å². The molecule has 4 aromatic rings. The van der Waals surface area contributed by atoms with E-state index in [9.17, 15) is 37.4 Å². The van der Waals surface area contributed by atoms with Crippen molar-refractivity contribution in [2.45, 2.75) is 166 Å². The number of fused-ring (bicyclic) bond motifs is 4. The highest BCUT2D eigenvalue weighted by Gasteiger charge is 2.52. The summed E-state index contributed by atoms with van der Waals surface area (Å²) in [6.07, 6.45) is 2.30. The molecule has 438 valence electrons. The van der Waals surface area contributed by atoms with Gasteiger partial charge in [-0.15, -0.1) is 5.10 Å². The number of sulfone groups is 1. The number of Topliss-reactive ketones (excluding diaryl/α,β-unsaturated/α-hetero) is 1. The summed E-state index contributed by atoms with van der Waals surface area (Å²) in [6.45, 7) is 13.9. The highest BCUT2D eigenvalue weighted by atomic mass is 32.2. The number of benzene rings is 1. The van der Waals surface area contributed by atoms with E-state index in [1.165, 1.54) is 37.6 Å². The van der Waals surface area contributed by atoms with Gasteiger partial charge in [-0.05, 0) is 96.8 Å². The fourth-order valence-electron chi connectivity index (χ4n) is 11.0. The summed E-state index contributed by atoms with van der Waals surface area (Å²) < 4.78 is 74.6. The topological polar surface area (TPSA) is 270 Å². The van der Waals surface area contributed by atoms with Gasteiger partial charge in [0.25, 0.3) is 0 Å². The molecule has 1 aromatic carbocycles. The van der Waals surface area contributed by atoms with Crippen LogP contribution in [0.25, 0.3) is 5.69 Å². The number of carbonyl (C=O) groups is 3. The molecule has 6 heterocycles. The fourth-order valence-corrected chi connectivity index (χ4v) is 11.7. The second-order valence-corrected chi connectivity index (χ2v) is 24.1. The number of esters is 1. The number of ketones is 1. The molecule has 22 nitrogen and oxygen atoms in total. The molecular formula is C56H78FN9O13S. The number of aliphatic hydroxyl groups excluding tert-OH is 1. The number of nitrogens with zero attached hydrogens (tertiary/aromatic N) is 8. The van der Waals surface area contributed by atoms with E-state index in [1.807, 2.05) is 31.9 Å². The van der Waals surface area contributed by atoms with Crippen molar-refractivity contribution < 1.29 is 65.9 Å². The number of aromatic nitrogens is 6. The predicted octanol–water partition coefficient (Wildman–Crippen LogP) is 4.85. The van der Waals surface area contributed by atoms with Crippen LogP contribution >= 0.6 is 0 Å². The molecule has 3 aromatic heterocycles. The third kappa shape index (κ3) is 14.8. The van der Waals surface area contributed by atoms with E-state index < -0.39 is 112 Å². The molecule has 1 amide bonds. The molecule has 13 atom stereocenters. The zero-order valence-electron chi connectivity index (χ0n) is 47.5. The van der Waals surface area contributed by atoms with Gasteiger partial charge in [0.05, 0.1) is 71.3 Å². The van der Waals surface area contributed by atoms with E-state index in [2.05, 4.69) is 30.9 Å². The lowest BCUT2D eigenvalue weighted by molar-refractivity contribution is -0.295. The molecule has 3 aliphatic heterocycles. The van der Waals surface area contributed by atoms with Crippen LogP contribution < -0.4 is 5.32 Å². The number of carbonyl (C=O) groups excluding carboxylic acids is 3. The minimum Gasteiger partial charge on any atom is -0.459 e. The quantitative estimate of drug-likeness (QED) is 0.0724. The molecule has 0 aliphatic carbocycles. The second kappa shape index (κ2) is 26.4. The maximum atomic E-state index is 14.9. The van der Waals surface area contributed by atoms with Gasteiger partial charge in [-0.3, -0.25) is 19.4 Å². The van der Waals surface area contributed by atoms with Crippen molar-refractivity contribution in [3.63, 3.8) is 0 Å². The number of rotatable bonds is 17. The normalized spacial score (nSPS) is 31.2. The van der Waals surface area contributed by atoms with Gasteiger partial charge in [-0.2, -0.15) is 5.10 Å². The van der Waals surface area contributed by atoms with E-state index in [0.717, 1.165) is 17.5 Å². The minimum absolute atomic E-state index is 0.00189. The van der Waals surface area contributed by atoms with Crippen molar-refractivity contribution in [1.29, 1.82) is 0 Å². The Balaban J connectivity index is 1.19. The number of hydrogen-bond donors (Lipinski definition) is 3. The Kier molecular flexibility index (Phi) is 20.4. The Labute approximate surface area is 467 Å². The number of alkyl halides is 1. The number of ether oxygens (including phenoxy) is 5. The van der Waals surface area contributed by atoms with Crippen LogP contribution in [0.2, 0.25) is 0 Å². The number of aliphatic hydroxyl groups is 2. The van der Waals surface area contributed by atoms with E-state index in [-0.39, 0.29) is 49.7 Å². The Morgan fingerprint density at radius 2 is 1.81 bits per heavy atom. The number of cyclic esters (lactones) is 1. The maximum Gasteiger partial charge on any atom is 0.316 e. The summed E-state index contributed by atoms with van der Waals surface area (Å²) >= 11 is 0. The Morgan fingerprint density at radius 3 is 2.45 bits per heavy atom. The number of halogens is 1. The van der Waals surface area contributed by atoms with Crippen LogP contribution in [0, 0.1) is 17.8 Å². The molecular weight excluding hydrogens is 1060 g/mol. The van der Waals surface area contributed by atoms with Crippen LogP contribution in [0.1, 0.15) is 105 Å². The Morgan fingerprint density at radius 1 is 1.07 bits per heavy atom. The van der Waals surface area contributed by atoms with Crippen LogP contribution in [0.15, 0.2) is 88.6 Å². The van der Waals surface area contributed by atoms with Gasteiger partial charge >= 0.3 is 5.97 Å². The first-order valence-corrected chi connectivity index (χ1v) is 29.0. The first-order valence-electron chi connectivity index (χ1n) is 27.1. The van der Waals surface area contributed by atoms with Gasteiger partial charge in [0, 0.05) is 74.7 Å². The van der Waals surface area contributed by atoms with Gasteiger partial charge in [0.2, 0.25) is 5.91 Å². The summed E-state index contributed by atoms with van der Waals surface area (Å²) in [5.41, 5.74) is 0.383. The van der Waals surface area contributed by atoms with Gasteiger partial charge < -0.3 is 49.0 Å². The fraction of sp³-hybridized carbons (Fsp3) is 0.607. The summed E-state index contributed by atoms with van der Waals surface area (Å²) in [5.74, 6) is -5.11. The molecule has 0 unspecified atom stereocenters. The van der Waals surface area contributed by atoms with Crippen molar-refractivity contribution in [3.8, 4) is 5.69 Å². The molecule has 80 heavy (non-hydrogen) atoms. The van der Waals surface area contributed by atoms with Crippen LogP contribution in [0.5, 0.6) is 0 Å². The summed E-state index contributed by atoms with van der Waals surface area (Å²) in [5, 5.41) is 45.2. The SMILES string of the molecule is CC[C@H]1OC(=O)[C@H](C)C(=O)[C@H](C)[C@@H](O[C@@H]2O[C@H](C)C[C@H](N(C)CCc3cn([C@H](CF)Cc4ccc(S(C)(=O)=O)cc4)nn3)[C@H]2O)[C@@]2(C)C/C(C)=C(/NC(C)=O)[C@H](C)[C@@H](OCC(=NOCc3ccc(-n4cccn4)cn3)CO2)[C@]1(C)O. The molecule has 1 fully saturated rings. The summed E-state index contributed by atoms with van der Waals surface area (Å²) in [6, 6.07) is 10.5. The number of amides is 1. The van der Waals surface area contributed by atoms with E-state index >= 15 is 0 Å². The molecule has 0 spiro atoms. The highest BCUT2D eigenvalue weighted by molar-refractivity contribution is 7.90. The van der Waals surface area contributed by atoms with Crippen molar-refractivity contribution in [2.24, 2.45) is 22.9 Å². The van der Waals surface area contributed by atoms with Crippen LogP contribution in [-0.4, -0.2) is 170 Å². The van der Waals surface area contributed by atoms with Crippen LogP contribution in [0.4, 0.5) is 4.39 Å². The summed E-state index contributed by atoms with van der Waals surface area (Å²) in [7, 11) is -1.55. The highest BCUT2D eigenvalue weighted by Crippen LogP contribution is 2.40. The first-order chi connectivity index (χ1) is 37.8. The van der Waals surface area contributed by atoms with E-state index in [1.54, 1.807) is 81.4 Å². The van der Waals surface area contributed by atoms with Gasteiger partial charge in [-0.1, -0.05) is 48.8 Å². The largest absolute Gasteiger partial charge is 0.459 e. The van der Waals surface area contributed by atoms with E-state index in [0.29, 0.717) is 42.0 Å². The lowest BCUT2D eigenvalue weighted by atomic mass is 9.77. The van der Waals surface area contributed by atoms with Crippen molar-refractivity contribution in [3.05, 3.63) is 95.5 Å². The zero-order chi connectivity index (χ0) is 58.3. The van der Waals surface area contributed by atoms with Gasteiger partial charge in [0.1, 0.15) is 36.1 Å². The molecule has 3 aliphatic rings. The second-order valence-electron chi connectivity index (χ2n) is 22.0. The van der Waals surface area contributed by atoms with Crippen molar-refractivity contribution in [2.75, 3.05) is 39.7 Å². The minimum atomic E-state index is -3.39. The third-order valence-electron chi connectivity index (χ3n) is 15.5. The number of likely N-dealkylation sites (N-methyl/N-ethyl adjacent to an activating group) is 1. The molecule has 3 N–H and O–H groups in total. The molecule has 1 saturated heterocycles. The molecule has 7 rings (SSSR count). The zero-order valence-corrected chi connectivity index (χ0v) is 48.3. The molecule has 0 saturated carbocycles. The smallest absolute Gasteiger partial charge is 0.316 e. The van der Waals surface area contributed by atoms with Gasteiger partial charge in [0.15, 0.2) is 28.5 Å². The van der Waals surface area contributed by atoms with Crippen molar-refractivity contribution in [1.82, 2.24) is 40.0 Å². The lowest BCUT2D eigenvalue weighted by Crippen LogP contribution is -2.60. The maximum absolute atomic E-state index is 14.9. The third-order valence-corrected chi connectivity index (χ3v) is 16.7. The van der Waals surface area contributed by atoms with Crippen LogP contribution in [-0.2, 0) is 72.2 Å². The number of pyridine rings is 1. The Bertz CT molecular complexity index is 2920. The summed E-state index contributed by atoms with van der Waals surface area (Å²) in [4.78, 5) is 54.7. The predicted molar refractivity (Wildman–Crippen MR) is 290 cm³/mol. The van der Waals surface area contributed by atoms with E-state index in [4.69, 9.17) is 28.5 Å². The number of hydrogen-bond acceptors (Lipinski definition) is 19. The monoisotopic (exact) mass is 1140 g/mol. The number of nitrogens with one attached hydrogen (secondary N) is 1. The Hall–Kier alpha value is -5.86. The standard InChI is InChI=1S/C56H78FN9O13S/c1-12-47-56(9,71)52-35(4)48(60-38(7)67)33(2)26-55(8,75-31-42(30-74-52)62-76-32-41-16-17-43(28-58-41)65-22-13-21-59-65)51(36(5)49(68)37(6)53(70)78-47)79-54-50(69)46(24-34(3)77-54)64(10)23-20-40-29-66(63-61-40)44(27-57)25-39-14-18-45(19-15-39)80(11,72)73/h13-19,21-22,28-29,34-37,44,46-47,50-52,54,69,71H,12,20,23-27,30-32H2,1-11H3,(H,60,67)/b48-33+,62-42?/t34-,35+,36+,37-,44+,46+,47-,50-,51-,52-,54+,55-,56-/m1/s1. The number of oxime groups is 1. The molecule has 0 radical (unpaired) electrons.